The Labute approximate surface area is 239 Å². The number of rotatable bonds is 6. The molecule has 5 aromatic rings. The fourth-order valence-corrected chi connectivity index (χ4v) is 4.89. The molecule has 0 saturated heterocycles. The zero-order valence-corrected chi connectivity index (χ0v) is 24.3. The molecule has 3 N–H and O–H groups in total. The molecule has 212 valence electrons. The van der Waals surface area contributed by atoms with Crippen LogP contribution in [-0.2, 0) is 5.41 Å². The molecule has 5 rings (SSSR count). The molecule has 41 heavy (non-hydrogen) atoms. The summed E-state index contributed by atoms with van der Waals surface area (Å²) in [4.78, 5) is 39.5. The van der Waals surface area contributed by atoms with Gasteiger partial charge in [-0.3, -0.25) is 19.7 Å². The Balaban J connectivity index is 1.49. The summed E-state index contributed by atoms with van der Waals surface area (Å²) < 4.78 is 18.1. The Bertz CT molecular complexity index is 1800. The Kier molecular flexibility index (Phi) is 7.30. The zero-order chi connectivity index (χ0) is 29.5. The largest absolute Gasteiger partial charge is 0.357 e. The molecule has 4 heterocycles. The van der Waals surface area contributed by atoms with Gasteiger partial charge in [0, 0.05) is 41.7 Å². The number of pyridine rings is 1. The summed E-state index contributed by atoms with van der Waals surface area (Å²) in [5.41, 5.74) is 3.03. The lowest BCUT2D eigenvalue weighted by Crippen LogP contribution is -2.25. The van der Waals surface area contributed by atoms with E-state index in [1.807, 2.05) is 34.6 Å². The summed E-state index contributed by atoms with van der Waals surface area (Å²) in [6, 6.07) is 6.74. The van der Waals surface area contributed by atoms with E-state index in [0.717, 1.165) is 5.69 Å². The normalized spacial score (nSPS) is 11.7. The van der Waals surface area contributed by atoms with Gasteiger partial charge in [0.05, 0.1) is 23.1 Å². The Morgan fingerprint density at radius 2 is 1.88 bits per heavy atom. The number of thiazole rings is 1. The third-order valence-electron chi connectivity index (χ3n) is 6.39. The van der Waals surface area contributed by atoms with E-state index < -0.39 is 11.8 Å². The molecule has 0 radical (unpaired) electrons. The van der Waals surface area contributed by atoms with Crippen LogP contribution >= 0.6 is 11.3 Å². The number of benzene rings is 1. The monoisotopic (exact) mass is 575 g/mol. The summed E-state index contributed by atoms with van der Waals surface area (Å²) in [7, 11) is 1.70. The maximum atomic E-state index is 14.9. The van der Waals surface area contributed by atoms with E-state index in [1.165, 1.54) is 29.5 Å². The molecule has 0 saturated carbocycles. The third kappa shape index (κ3) is 5.53. The predicted molar refractivity (Wildman–Crippen MR) is 160 cm³/mol. The highest BCUT2D eigenvalue weighted by Gasteiger charge is 2.23. The van der Waals surface area contributed by atoms with Crippen molar-refractivity contribution < 1.29 is 9.18 Å². The van der Waals surface area contributed by atoms with E-state index in [1.54, 1.807) is 46.3 Å². The number of halogens is 1. The summed E-state index contributed by atoms with van der Waals surface area (Å²) >= 11 is 1.37. The van der Waals surface area contributed by atoms with Crippen LogP contribution < -0.4 is 21.5 Å². The molecule has 0 aliphatic rings. The maximum Gasteiger partial charge on any atom is 0.324 e. The highest BCUT2D eigenvalue weighted by molar-refractivity contribution is 7.12. The number of fused-ring (bicyclic) bond motifs is 1. The SMILES string of the molecule is CNc1ncc2cc(-c3ccc(F)c(NC(=O)Nc4cc(C(C)(C)C)nn4-c4cncs4)c3)c(=O)n(C(C)C)c2n1. The van der Waals surface area contributed by atoms with Crippen molar-refractivity contribution in [2.45, 2.75) is 46.1 Å². The van der Waals surface area contributed by atoms with E-state index in [4.69, 9.17) is 0 Å². The van der Waals surface area contributed by atoms with E-state index in [2.05, 4.69) is 36.0 Å². The molecule has 0 fully saturated rings. The van der Waals surface area contributed by atoms with Crippen LogP contribution in [0.25, 0.3) is 27.2 Å². The van der Waals surface area contributed by atoms with Crippen LogP contribution in [0.2, 0.25) is 0 Å². The Morgan fingerprint density at radius 3 is 2.54 bits per heavy atom. The quantitative estimate of drug-likeness (QED) is 0.233. The molecule has 2 amide bonds. The average molecular weight is 576 g/mol. The van der Waals surface area contributed by atoms with Gasteiger partial charge in [0.1, 0.15) is 22.3 Å². The lowest BCUT2D eigenvalue weighted by molar-refractivity contribution is 0.262. The van der Waals surface area contributed by atoms with Crippen molar-refractivity contribution in [3.05, 3.63) is 70.1 Å². The molecule has 1 aromatic carbocycles. The fourth-order valence-electron chi connectivity index (χ4n) is 4.30. The van der Waals surface area contributed by atoms with Gasteiger partial charge in [-0.25, -0.2) is 18.9 Å². The number of aromatic nitrogens is 6. The van der Waals surface area contributed by atoms with Crippen LogP contribution in [0.3, 0.4) is 0 Å². The van der Waals surface area contributed by atoms with E-state index in [-0.39, 0.29) is 22.7 Å². The van der Waals surface area contributed by atoms with Crippen LogP contribution in [0, 0.1) is 5.82 Å². The van der Waals surface area contributed by atoms with Crippen molar-refractivity contribution in [1.29, 1.82) is 0 Å². The molecule has 4 aromatic heterocycles. The average Bonchev–Trinajstić information content (AvgIpc) is 3.59. The van der Waals surface area contributed by atoms with Gasteiger partial charge in [0.15, 0.2) is 0 Å². The first-order valence-electron chi connectivity index (χ1n) is 12.9. The summed E-state index contributed by atoms with van der Waals surface area (Å²) in [6.45, 7) is 9.82. The number of hydrogen-bond donors (Lipinski definition) is 3. The molecule has 11 nitrogen and oxygen atoms in total. The lowest BCUT2D eigenvalue weighted by Gasteiger charge is -2.16. The summed E-state index contributed by atoms with van der Waals surface area (Å²) in [6.07, 6.45) is 3.28. The second kappa shape index (κ2) is 10.7. The number of hydrogen-bond acceptors (Lipinski definition) is 8. The lowest BCUT2D eigenvalue weighted by atomic mass is 9.92. The molecule has 0 aliphatic carbocycles. The standard InChI is InChI=1S/C28H30FN9O2S/c1-15(2)37-24-17(12-32-26(30-6)35-24)9-18(25(37)39)16-7-8-19(29)20(10-16)33-27(40)34-22-11-21(28(3,4)5)36-38(22)23-13-31-14-41-23/h7-15H,1-6H3,(H,30,32,35)(H2,33,34,40). The van der Waals surface area contributed by atoms with Crippen molar-refractivity contribution >= 4 is 45.9 Å². The van der Waals surface area contributed by atoms with Gasteiger partial charge < -0.3 is 10.6 Å². The van der Waals surface area contributed by atoms with Crippen LogP contribution in [0.5, 0.6) is 0 Å². The number of nitrogens with one attached hydrogen (secondary N) is 3. The first-order valence-corrected chi connectivity index (χ1v) is 13.8. The predicted octanol–water partition coefficient (Wildman–Crippen LogP) is 5.80. The number of amides is 2. The van der Waals surface area contributed by atoms with E-state index in [0.29, 0.717) is 38.9 Å². The van der Waals surface area contributed by atoms with Gasteiger partial charge in [0.25, 0.3) is 5.56 Å². The van der Waals surface area contributed by atoms with Gasteiger partial charge in [-0.15, -0.1) is 11.3 Å². The van der Waals surface area contributed by atoms with Crippen molar-refractivity contribution in [2.75, 3.05) is 23.0 Å². The second-order valence-electron chi connectivity index (χ2n) is 10.7. The number of urea groups is 1. The highest BCUT2D eigenvalue weighted by atomic mass is 32.1. The summed E-state index contributed by atoms with van der Waals surface area (Å²) in [5.74, 6) is 0.148. The highest BCUT2D eigenvalue weighted by Crippen LogP contribution is 2.29. The number of anilines is 3. The van der Waals surface area contributed by atoms with Gasteiger partial charge in [0.2, 0.25) is 5.95 Å². The van der Waals surface area contributed by atoms with Crippen LogP contribution in [-0.4, -0.2) is 42.4 Å². The minimum atomic E-state index is -0.668. The molecular formula is C28H30FN9O2S. The minimum Gasteiger partial charge on any atom is -0.357 e. The number of carbonyl (C=O) groups excluding carboxylic acids is 1. The second-order valence-corrected chi connectivity index (χ2v) is 11.6. The van der Waals surface area contributed by atoms with Crippen molar-refractivity contribution in [3.63, 3.8) is 0 Å². The molecular weight excluding hydrogens is 545 g/mol. The van der Waals surface area contributed by atoms with Crippen molar-refractivity contribution in [1.82, 2.24) is 29.3 Å². The van der Waals surface area contributed by atoms with E-state index in [9.17, 15) is 14.0 Å². The van der Waals surface area contributed by atoms with Gasteiger partial charge in [-0.2, -0.15) is 10.1 Å². The van der Waals surface area contributed by atoms with Gasteiger partial charge >= 0.3 is 6.03 Å². The van der Waals surface area contributed by atoms with Gasteiger partial charge in [-0.05, 0) is 37.6 Å². The molecule has 0 aliphatic heterocycles. The molecule has 0 spiro atoms. The van der Waals surface area contributed by atoms with Crippen LogP contribution in [0.4, 0.5) is 26.6 Å². The third-order valence-corrected chi connectivity index (χ3v) is 7.13. The van der Waals surface area contributed by atoms with Gasteiger partial charge in [-0.1, -0.05) is 26.8 Å². The topological polar surface area (TPSA) is 132 Å². The molecule has 13 heteroatoms. The fraction of sp³-hybridized carbons (Fsp3) is 0.286. The minimum absolute atomic E-state index is 0.0859. The zero-order valence-electron chi connectivity index (χ0n) is 23.5. The molecule has 0 atom stereocenters. The number of nitrogens with zero attached hydrogens (tertiary/aromatic N) is 6. The van der Waals surface area contributed by atoms with Crippen LogP contribution in [0.1, 0.15) is 46.4 Å². The summed E-state index contributed by atoms with van der Waals surface area (Å²) in [5, 5.41) is 14.2. The van der Waals surface area contributed by atoms with E-state index >= 15 is 0 Å². The number of carbonyl (C=O) groups is 1. The molecule has 0 unspecified atom stereocenters. The Morgan fingerprint density at radius 1 is 1.10 bits per heavy atom. The molecule has 0 bridgehead atoms. The first kappa shape index (κ1) is 27.9. The van der Waals surface area contributed by atoms with Crippen molar-refractivity contribution in [2.24, 2.45) is 0 Å². The first-order chi connectivity index (χ1) is 19.5. The van der Waals surface area contributed by atoms with Crippen molar-refractivity contribution in [3.8, 4) is 16.1 Å². The van der Waals surface area contributed by atoms with Crippen LogP contribution in [0.15, 0.2) is 53.0 Å². The maximum absolute atomic E-state index is 14.9. The Hall–Kier alpha value is -4.65. The smallest absolute Gasteiger partial charge is 0.324 e.